The van der Waals surface area contributed by atoms with Gasteiger partial charge in [-0.15, -0.1) is 0 Å². The maximum atomic E-state index is 8.72. The summed E-state index contributed by atoms with van der Waals surface area (Å²) in [6.45, 7) is 3.97. The molecule has 0 atom stereocenters. The van der Waals surface area contributed by atoms with Gasteiger partial charge in [-0.2, -0.15) is 5.26 Å². The van der Waals surface area contributed by atoms with E-state index in [4.69, 9.17) is 22.6 Å². The van der Waals surface area contributed by atoms with Crippen LogP contribution in [0.25, 0.3) is 0 Å². The van der Waals surface area contributed by atoms with Crippen molar-refractivity contribution in [2.75, 3.05) is 17.6 Å². The first-order chi connectivity index (χ1) is 6.65. The second-order valence-corrected chi connectivity index (χ2v) is 3.28. The number of nitrogens with two attached hydrogens (primary N) is 1. The highest BCUT2D eigenvalue weighted by atomic mass is 35.5. The lowest BCUT2D eigenvalue weighted by Gasteiger charge is -2.08. The summed E-state index contributed by atoms with van der Waals surface area (Å²) in [4.78, 5) is 0. The average Bonchev–Trinajstić information content (AvgIpc) is 2.16. The molecule has 0 bridgehead atoms. The van der Waals surface area contributed by atoms with Crippen LogP contribution in [0, 0.1) is 11.3 Å². The maximum Gasteiger partial charge on any atom is 0.101 e. The molecule has 0 heterocycles. The third-order valence-electron chi connectivity index (χ3n) is 1.70. The Balaban J connectivity index is 2.88. The van der Waals surface area contributed by atoms with E-state index in [9.17, 15) is 0 Å². The van der Waals surface area contributed by atoms with Gasteiger partial charge in [-0.25, -0.2) is 0 Å². The molecule has 1 rings (SSSR count). The number of rotatable bonds is 3. The molecule has 3 N–H and O–H groups in total. The Morgan fingerprint density at radius 3 is 2.93 bits per heavy atom. The van der Waals surface area contributed by atoms with Gasteiger partial charge in [-0.1, -0.05) is 24.2 Å². The average molecular weight is 208 g/mol. The van der Waals surface area contributed by atoms with Gasteiger partial charge in [0.1, 0.15) is 6.07 Å². The Morgan fingerprint density at radius 1 is 1.64 bits per heavy atom. The zero-order chi connectivity index (χ0) is 10.6. The van der Waals surface area contributed by atoms with Crippen LogP contribution in [0.2, 0.25) is 0 Å². The number of hydrogen-bond donors (Lipinski definition) is 2. The van der Waals surface area contributed by atoms with Crippen molar-refractivity contribution in [1.82, 2.24) is 0 Å². The molecule has 0 saturated carbocycles. The van der Waals surface area contributed by atoms with Gasteiger partial charge in [0.15, 0.2) is 0 Å². The molecule has 0 spiro atoms. The number of nitrogen functional groups attached to an aromatic ring is 1. The summed E-state index contributed by atoms with van der Waals surface area (Å²) in [5, 5.41) is 12.2. The smallest absolute Gasteiger partial charge is 0.101 e. The molecule has 0 amide bonds. The molecule has 1 aromatic carbocycles. The molecule has 0 radical (unpaired) electrons. The Kier molecular flexibility index (Phi) is 3.38. The molecule has 0 aliphatic carbocycles. The largest absolute Gasteiger partial charge is 0.396 e. The molecular formula is C10H10ClN3. The molecule has 0 aliphatic rings. The SMILES string of the molecule is C=C(Cl)CNc1cccc(C#N)c1N. The van der Waals surface area contributed by atoms with Gasteiger partial charge in [0, 0.05) is 5.03 Å². The van der Waals surface area contributed by atoms with E-state index in [1.165, 1.54) is 0 Å². The second-order valence-electron chi connectivity index (χ2n) is 2.75. The number of benzene rings is 1. The van der Waals surface area contributed by atoms with Gasteiger partial charge in [0.25, 0.3) is 0 Å². The molecule has 1 aromatic rings. The van der Waals surface area contributed by atoms with Crippen molar-refractivity contribution in [2.45, 2.75) is 0 Å². The lowest BCUT2D eigenvalue weighted by molar-refractivity contribution is 1.31. The fraction of sp³-hybridized carbons (Fsp3) is 0.100. The van der Waals surface area contributed by atoms with Gasteiger partial charge < -0.3 is 11.1 Å². The van der Waals surface area contributed by atoms with Crippen molar-refractivity contribution in [3.05, 3.63) is 35.4 Å². The minimum atomic E-state index is 0.431. The molecule has 0 unspecified atom stereocenters. The van der Waals surface area contributed by atoms with Crippen molar-refractivity contribution in [3.8, 4) is 6.07 Å². The molecule has 0 aliphatic heterocycles. The number of para-hydroxylation sites is 1. The van der Waals surface area contributed by atoms with E-state index >= 15 is 0 Å². The highest BCUT2D eigenvalue weighted by Crippen LogP contribution is 2.22. The summed E-state index contributed by atoms with van der Waals surface area (Å²) in [5.41, 5.74) is 7.31. The van der Waals surface area contributed by atoms with Gasteiger partial charge in [-0.05, 0) is 12.1 Å². The van der Waals surface area contributed by atoms with E-state index in [0.717, 1.165) is 0 Å². The molecular weight excluding hydrogens is 198 g/mol. The summed E-state index contributed by atoms with van der Waals surface area (Å²) < 4.78 is 0. The summed E-state index contributed by atoms with van der Waals surface area (Å²) in [6, 6.07) is 7.21. The van der Waals surface area contributed by atoms with Crippen LogP contribution in [0.5, 0.6) is 0 Å². The Morgan fingerprint density at radius 2 is 2.36 bits per heavy atom. The summed E-state index contributed by atoms with van der Waals surface area (Å²) in [6.07, 6.45) is 0. The van der Waals surface area contributed by atoms with Crippen LogP contribution in [0.1, 0.15) is 5.56 Å². The van der Waals surface area contributed by atoms with Gasteiger partial charge in [-0.3, -0.25) is 0 Å². The number of anilines is 2. The first-order valence-corrected chi connectivity index (χ1v) is 4.38. The molecule has 14 heavy (non-hydrogen) atoms. The van der Waals surface area contributed by atoms with Crippen molar-refractivity contribution >= 4 is 23.0 Å². The highest BCUT2D eigenvalue weighted by Gasteiger charge is 2.03. The standard InChI is InChI=1S/C10H10ClN3/c1-7(11)6-14-9-4-2-3-8(5-12)10(9)13/h2-4,14H,1,6,13H2. The normalized spacial score (nSPS) is 9.14. The van der Waals surface area contributed by atoms with Crippen molar-refractivity contribution in [1.29, 1.82) is 5.26 Å². The third-order valence-corrected chi connectivity index (χ3v) is 1.83. The second kappa shape index (κ2) is 4.54. The van der Waals surface area contributed by atoms with Crippen LogP contribution in [-0.2, 0) is 0 Å². The third kappa shape index (κ3) is 2.41. The number of nitrogens with zero attached hydrogens (tertiary/aromatic N) is 1. The first-order valence-electron chi connectivity index (χ1n) is 4.01. The quantitative estimate of drug-likeness (QED) is 0.748. The summed E-state index contributed by atoms with van der Waals surface area (Å²) >= 11 is 5.59. The monoisotopic (exact) mass is 207 g/mol. The maximum absolute atomic E-state index is 8.72. The van der Waals surface area contributed by atoms with Crippen LogP contribution in [-0.4, -0.2) is 6.54 Å². The summed E-state index contributed by atoms with van der Waals surface area (Å²) in [7, 11) is 0. The Labute approximate surface area is 87.8 Å². The molecule has 0 fully saturated rings. The number of halogens is 1. The van der Waals surface area contributed by atoms with Gasteiger partial charge in [0.2, 0.25) is 0 Å². The topological polar surface area (TPSA) is 61.8 Å². The lowest BCUT2D eigenvalue weighted by Crippen LogP contribution is -2.04. The van der Waals surface area contributed by atoms with Crippen LogP contribution < -0.4 is 11.1 Å². The zero-order valence-electron chi connectivity index (χ0n) is 7.55. The first kappa shape index (κ1) is 10.4. The Bertz CT molecular complexity index is 393. The number of nitrogens with one attached hydrogen (secondary N) is 1. The predicted octanol–water partition coefficient (Wildman–Crippen LogP) is 2.30. The fourth-order valence-corrected chi connectivity index (χ4v) is 1.07. The molecule has 0 saturated heterocycles. The molecule has 3 nitrogen and oxygen atoms in total. The lowest BCUT2D eigenvalue weighted by atomic mass is 10.1. The fourth-order valence-electron chi connectivity index (χ4n) is 1.01. The van der Waals surface area contributed by atoms with E-state index in [0.29, 0.717) is 28.5 Å². The van der Waals surface area contributed by atoms with Gasteiger partial charge in [0.05, 0.1) is 23.5 Å². The van der Waals surface area contributed by atoms with Crippen molar-refractivity contribution in [3.63, 3.8) is 0 Å². The van der Waals surface area contributed by atoms with E-state index in [1.807, 2.05) is 6.07 Å². The van der Waals surface area contributed by atoms with E-state index in [-0.39, 0.29) is 0 Å². The van der Waals surface area contributed by atoms with Crippen LogP contribution in [0.15, 0.2) is 29.8 Å². The summed E-state index contributed by atoms with van der Waals surface area (Å²) in [5.74, 6) is 0. The van der Waals surface area contributed by atoms with Crippen LogP contribution in [0.4, 0.5) is 11.4 Å². The van der Waals surface area contributed by atoms with Crippen molar-refractivity contribution < 1.29 is 0 Å². The van der Waals surface area contributed by atoms with Crippen LogP contribution in [0.3, 0.4) is 0 Å². The number of nitriles is 1. The minimum absolute atomic E-state index is 0.431. The minimum Gasteiger partial charge on any atom is -0.396 e. The predicted molar refractivity (Wildman–Crippen MR) is 59.1 cm³/mol. The van der Waals surface area contributed by atoms with Gasteiger partial charge >= 0.3 is 0 Å². The van der Waals surface area contributed by atoms with Crippen molar-refractivity contribution in [2.24, 2.45) is 0 Å². The van der Waals surface area contributed by atoms with E-state index in [1.54, 1.807) is 18.2 Å². The highest BCUT2D eigenvalue weighted by molar-refractivity contribution is 6.29. The number of hydrogen-bond acceptors (Lipinski definition) is 3. The molecule has 0 aromatic heterocycles. The van der Waals surface area contributed by atoms with E-state index < -0.39 is 0 Å². The molecule has 72 valence electrons. The molecule has 4 heteroatoms. The van der Waals surface area contributed by atoms with E-state index in [2.05, 4.69) is 11.9 Å². The Hall–Kier alpha value is -1.66. The van der Waals surface area contributed by atoms with Crippen LogP contribution >= 0.6 is 11.6 Å². The zero-order valence-corrected chi connectivity index (χ0v) is 8.30.